The molecule has 0 aliphatic heterocycles. The van der Waals surface area contributed by atoms with E-state index in [1.165, 1.54) is 4.40 Å². The van der Waals surface area contributed by atoms with Gasteiger partial charge in [-0.05, 0) is 43.4 Å². The Hall–Kier alpha value is -2.81. The number of hydrogen-bond acceptors (Lipinski definition) is 5. The lowest BCUT2D eigenvalue weighted by Gasteiger charge is -2.16. The second-order valence-corrected chi connectivity index (χ2v) is 5.46. The first-order valence-corrected chi connectivity index (χ1v) is 7.60. The number of carbonyl (C=O) groups is 1. The first kappa shape index (κ1) is 15.1. The van der Waals surface area contributed by atoms with Crippen molar-refractivity contribution in [2.45, 2.75) is 25.7 Å². The molecule has 118 valence electrons. The van der Waals surface area contributed by atoms with Gasteiger partial charge in [-0.3, -0.25) is 9.20 Å². The maximum Gasteiger partial charge on any atom is 0.340 e. The summed E-state index contributed by atoms with van der Waals surface area (Å²) in [7, 11) is 1.69. The predicted octanol–water partition coefficient (Wildman–Crippen LogP) is 2.27. The van der Waals surface area contributed by atoms with Gasteiger partial charge < -0.3 is 10.1 Å². The normalized spacial score (nSPS) is 13.6. The third kappa shape index (κ3) is 2.34. The number of esters is 1. The molecule has 0 saturated heterocycles. The third-order valence-corrected chi connectivity index (χ3v) is 4.03. The van der Waals surface area contributed by atoms with Crippen LogP contribution in [0.3, 0.4) is 0 Å². The molecule has 0 atom stereocenters. The van der Waals surface area contributed by atoms with Gasteiger partial charge in [0.25, 0.3) is 5.56 Å². The molecule has 6 heteroatoms. The van der Waals surface area contributed by atoms with Gasteiger partial charge in [0.1, 0.15) is 17.5 Å². The van der Waals surface area contributed by atoms with Gasteiger partial charge in [-0.2, -0.15) is 5.26 Å². The van der Waals surface area contributed by atoms with Gasteiger partial charge in [0, 0.05) is 7.05 Å². The Balaban J connectivity index is 2.48. The molecule has 1 aliphatic rings. The standard InChI is InChI=1S/C17H17N3O3/c1-3-23-17(22)15-12-5-4-6-13(19-2)20(12)16(21)11(9-18)14(15)10-7-8-10/h4-6,10,19H,3,7-8H2,1-2H3. The quantitative estimate of drug-likeness (QED) is 0.876. The van der Waals surface area contributed by atoms with Crippen LogP contribution in [0.5, 0.6) is 0 Å². The Morgan fingerprint density at radius 1 is 1.48 bits per heavy atom. The van der Waals surface area contributed by atoms with Crippen molar-refractivity contribution in [3.8, 4) is 6.07 Å². The van der Waals surface area contributed by atoms with E-state index in [-0.39, 0.29) is 18.1 Å². The number of rotatable bonds is 4. The van der Waals surface area contributed by atoms with E-state index in [0.29, 0.717) is 22.5 Å². The van der Waals surface area contributed by atoms with Crippen molar-refractivity contribution < 1.29 is 9.53 Å². The highest BCUT2D eigenvalue weighted by Gasteiger charge is 2.35. The highest BCUT2D eigenvalue weighted by atomic mass is 16.5. The third-order valence-electron chi connectivity index (χ3n) is 4.03. The summed E-state index contributed by atoms with van der Waals surface area (Å²) in [6.45, 7) is 1.97. The Bertz CT molecular complexity index is 889. The maximum absolute atomic E-state index is 12.8. The average Bonchev–Trinajstić information content (AvgIpc) is 3.38. The molecule has 1 saturated carbocycles. The summed E-state index contributed by atoms with van der Waals surface area (Å²) in [6, 6.07) is 7.20. The first-order valence-electron chi connectivity index (χ1n) is 7.60. The lowest BCUT2D eigenvalue weighted by molar-refractivity contribution is 0.0527. The molecule has 1 aliphatic carbocycles. The van der Waals surface area contributed by atoms with Crippen molar-refractivity contribution in [2.75, 3.05) is 19.0 Å². The molecule has 23 heavy (non-hydrogen) atoms. The number of fused-ring (bicyclic) bond motifs is 1. The van der Waals surface area contributed by atoms with Crippen molar-refractivity contribution in [3.05, 3.63) is 45.2 Å². The number of nitrogens with one attached hydrogen (secondary N) is 1. The Morgan fingerprint density at radius 2 is 2.22 bits per heavy atom. The van der Waals surface area contributed by atoms with E-state index >= 15 is 0 Å². The van der Waals surface area contributed by atoms with Crippen molar-refractivity contribution >= 4 is 17.3 Å². The van der Waals surface area contributed by atoms with Gasteiger partial charge in [0.05, 0.1) is 17.7 Å². The molecule has 0 radical (unpaired) electrons. The van der Waals surface area contributed by atoms with Gasteiger partial charge in [0.2, 0.25) is 0 Å². The number of pyridine rings is 2. The summed E-state index contributed by atoms with van der Waals surface area (Å²) in [6.07, 6.45) is 1.75. The van der Waals surface area contributed by atoms with Gasteiger partial charge in [-0.1, -0.05) is 6.07 Å². The fourth-order valence-electron chi connectivity index (χ4n) is 2.91. The zero-order valence-electron chi connectivity index (χ0n) is 13.0. The molecule has 1 fully saturated rings. The Morgan fingerprint density at radius 3 is 2.78 bits per heavy atom. The summed E-state index contributed by atoms with van der Waals surface area (Å²) in [4.78, 5) is 25.3. The van der Waals surface area contributed by atoms with Crippen molar-refractivity contribution in [3.63, 3.8) is 0 Å². The van der Waals surface area contributed by atoms with Gasteiger partial charge in [-0.25, -0.2) is 4.79 Å². The van der Waals surface area contributed by atoms with Crippen molar-refractivity contribution in [1.82, 2.24) is 4.40 Å². The number of aromatic nitrogens is 1. The smallest absolute Gasteiger partial charge is 0.340 e. The van der Waals surface area contributed by atoms with E-state index in [2.05, 4.69) is 5.32 Å². The zero-order valence-corrected chi connectivity index (χ0v) is 13.0. The first-order chi connectivity index (χ1) is 11.1. The molecule has 0 bridgehead atoms. The van der Waals surface area contributed by atoms with Crippen molar-refractivity contribution in [2.24, 2.45) is 0 Å². The van der Waals surface area contributed by atoms with Gasteiger partial charge in [-0.15, -0.1) is 0 Å². The molecule has 2 heterocycles. The molecule has 2 aromatic rings. The minimum Gasteiger partial charge on any atom is -0.462 e. The Labute approximate surface area is 133 Å². The van der Waals surface area contributed by atoms with Crippen LogP contribution in [-0.4, -0.2) is 24.0 Å². The van der Waals surface area contributed by atoms with Gasteiger partial charge in [0.15, 0.2) is 0 Å². The number of ether oxygens (including phenoxy) is 1. The number of carbonyl (C=O) groups excluding carboxylic acids is 1. The van der Waals surface area contributed by atoms with Crippen LogP contribution < -0.4 is 10.9 Å². The van der Waals surface area contributed by atoms with Crippen LogP contribution in [0, 0.1) is 11.3 Å². The fourth-order valence-corrected chi connectivity index (χ4v) is 2.91. The van der Waals surface area contributed by atoms with Crippen LogP contribution in [0.25, 0.3) is 5.52 Å². The van der Waals surface area contributed by atoms with E-state index in [1.54, 1.807) is 32.2 Å². The van der Waals surface area contributed by atoms with E-state index in [1.807, 2.05) is 6.07 Å². The molecule has 0 unspecified atom stereocenters. The minimum atomic E-state index is -0.489. The van der Waals surface area contributed by atoms with Gasteiger partial charge >= 0.3 is 5.97 Å². The van der Waals surface area contributed by atoms with Crippen LogP contribution in [0.15, 0.2) is 23.0 Å². The Kier molecular flexibility index (Phi) is 3.78. The molecule has 2 aromatic heterocycles. The second kappa shape index (κ2) is 5.76. The highest BCUT2D eigenvalue weighted by molar-refractivity contribution is 6.00. The SMILES string of the molecule is CCOC(=O)c1c(C2CC2)c(C#N)c(=O)n2c(NC)cccc12. The molecule has 0 amide bonds. The molecule has 3 rings (SSSR count). The van der Waals surface area contributed by atoms with Crippen LogP contribution in [-0.2, 0) is 4.74 Å². The lowest BCUT2D eigenvalue weighted by atomic mass is 9.97. The maximum atomic E-state index is 12.8. The molecule has 0 aromatic carbocycles. The van der Waals surface area contributed by atoms with Crippen LogP contribution in [0.4, 0.5) is 5.82 Å². The summed E-state index contributed by atoms with van der Waals surface area (Å²) < 4.78 is 6.56. The molecule has 6 nitrogen and oxygen atoms in total. The van der Waals surface area contributed by atoms with Crippen LogP contribution in [0.1, 0.15) is 47.2 Å². The fraction of sp³-hybridized carbons (Fsp3) is 0.353. The summed E-state index contributed by atoms with van der Waals surface area (Å²) in [5.41, 5.74) is 0.992. The largest absolute Gasteiger partial charge is 0.462 e. The van der Waals surface area contributed by atoms with E-state index in [9.17, 15) is 14.9 Å². The number of hydrogen-bond donors (Lipinski definition) is 1. The van der Waals surface area contributed by atoms with Crippen LogP contribution in [0.2, 0.25) is 0 Å². The number of nitrogens with zero attached hydrogens (tertiary/aromatic N) is 2. The van der Waals surface area contributed by atoms with E-state index < -0.39 is 11.5 Å². The molecular formula is C17H17N3O3. The summed E-state index contributed by atoms with van der Waals surface area (Å²) >= 11 is 0. The second-order valence-electron chi connectivity index (χ2n) is 5.46. The van der Waals surface area contributed by atoms with E-state index in [4.69, 9.17) is 4.74 Å². The average molecular weight is 311 g/mol. The predicted molar refractivity (Wildman–Crippen MR) is 85.9 cm³/mol. The minimum absolute atomic E-state index is 0.0377. The van der Waals surface area contributed by atoms with E-state index in [0.717, 1.165) is 12.8 Å². The zero-order chi connectivity index (χ0) is 16.6. The number of nitriles is 1. The summed E-state index contributed by atoms with van der Waals surface area (Å²) in [5.74, 6) is 0.119. The lowest BCUT2D eigenvalue weighted by Crippen LogP contribution is -2.25. The number of anilines is 1. The molecule has 0 spiro atoms. The van der Waals surface area contributed by atoms with Crippen molar-refractivity contribution in [1.29, 1.82) is 5.26 Å². The highest BCUT2D eigenvalue weighted by Crippen LogP contribution is 2.43. The topological polar surface area (TPSA) is 83.6 Å². The molecular weight excluding hydrogens is 294 g/mol. The molecule has 1 N–H and O–H groups in total. The monoisotopic (exact) mass is 311 g/mol. The summed E-state index contributed by atoms with van der Waals surface area (Å²) in [5, 5.41) is 12.4. The van der Waals surface area contributed by atoms with Crippen LogP contribution >= 0.6 is 0 Å².